The molecule has 1 aliphatic rings. The summed E-state index contributed by atoms with van der Waals surface area (Å²) in [5, 5.41) is 0. The van der Waals surface area contributed by atoms with E-state index in [2.05, 4.69) is 6.92 Å². The van der Waals surface area contributed by atoms with Crippen molar-refractivity contribution in [3.63, 3.8) is 0 Å². The lowest BCUT2D eigenvalue weighted by atomic mass is 9.91. The normalized spacial score (nSPS) is 18.9. The van der Waals surface area contributed by atoms with E-state index >= 15 is 0 Å². The minimum absolute atomic E-state index is 0.0241. The summed E-state index contributed by atoms with van der Waals surface area (Å²) < 4.78 is 60.4. The molecule has 2 aromatic rings. The topological polar surface area (TPSA) is 27.7 Å². The Morgan fingerprint density at radius 3 is 2.39 bits per heavy atom. The van der Waals surface area contributed by atoms with Gasteiger partial charge in [0, 0.05) is 23.7 Å². The highest BCUT2D eigenvalue weighted by molar-refractivity contribution is 5.66. The molecule has 0 aliphatic carbocycles. The zero-order valence-electron chi connectivity index (χ0n) is 18.3. The third-order valence-corrected chi connectivity index (χ3v) is 5.55. The lowest BCUT2D eigenvalue weighted by Gasteiger charge is -2.29. The first kappa shape index (κ1) is 23.6. The van der Waals surface area contributed by atoms with E-state index in [9.17, 15) is 13.2 Å². The van der Waals surface area contributed by atoms with Crippen LogP contribution in [-0.2, 0) is 9.47 Å². The summed E-state index contributed by atoms with van der Waals surface area (Å²) in [6.07, 6.45) is 5.35. The minimum atomic E-state index is -1.11. The molecule has 170 valence electrons. The maximum absolute atomic E-state index is 14.8. The predicted octanol–water partition coefficient (Wildman–Crippen LogP) is 6.99. The van der Waals surface area contributed by atoms with Crippen LogP contribution in [-0.4, -0.2) is 26.1 Å². The Morgan fingerprint density at radius 1 is 0.903 bits per heavy atom. The number of halogens is 3. The van der Waals surface area contributed by atoms with E-state index in [1.165, 1.54) is 24.3 Å². The smallest absolute Gasteiger partial charge is 0.201 e. The molecule has 0 aromatic heterocycles. The molecule has 2 unspecified atom stereocenters. The van der Waals surface area contributed by atoms with Gasteiger partial charge in [-0.2, -0.15) is 4.39 Å². The molecule has 0 amide bonds. The first-order valence-electron chi connectivity index (χ1n) is 11.2. The Morgan fingerprint density at radius 2 is 1.71 bits per heavy atom. The van der Waals surface area contributed by atoms with Crippen molar-refractivity contribution in [2.45, 2.75) is 64.6 Å². The number of hydrogen-bond donors (Lipinski definition) is 0. The van der Waals surface area contributed by atoms with Crippen LogP contribution in [0.1, 0.15) is 63.9 Å². The van der Waals surface area contributed by atoms with E-state index in [1.54, 1.807) is 6.07 Å². The molecule has 31 heavy (non-hydrogen) atoms. The van der Waals surface area contributed by atoms with Gasteiger partial charge < -0.3 is 14.2 Å². The van der Waals surface area contributed by atoms with Gasteiger partial charge in [-0.1, -0.05) is 38.8 Å². The van der Waals surface area contributed by atoms with E-state index in [0.717, 1.165) is 37.7 Å². The summed E-state index contributed by atoms with van der Waals surface area (Å²) in [5.74, 6) is -2.91. The average molecular weight is 437 g/mol. The van der Waals surface area contributed by atoms with Crippen LogP contribution in [0.3, 0.4) is 0 Å². The highest BCUT2D eigenvalue weighted by atomic mass is 19.2. The summed E-state index contributed by atoms with van der Waals surface area (Å²) in [6, 6.07) is 7.35. The molecule has 0 saturated carbocycles. The van der Waals surface area contributed by atoms with E-state index in [1.807, 2.05) is 6.92 Å². The van der Waals surface area contributed by atoms with Gasteiger partial charge in [0.25, 0.3) is 0 Å². The van der Waals surface area contributed by atoms with Gasteiger partial charge in [-0.15, -0.1) is 0 Å². The van der Waals surface area contributed by atoms with E-state index in [-0.39, 0.29) is 35.7 Å². The van der Waals surface area contributed by atoms with Gasteiger partial charge in [0.15, 0.2) is 17.9 Å². The molecule has 3 rings (SSSR count). The number of benzene rings is 2. The zero-order chi connectivity index (χ0) is 22.2. The third-order valence-electron chi connectivity index (χ3n) is 5.55. The van der Waals surface area contributed by atoms with Crippen molar-refractivity contribution < 1.29 is 27.4 Å². The van der Waals surface area contributed by atoms with E-state index < -0.39 is 17.5 Å². The lowest BCUT2D eigenvalue weighted by molar-refractivity contribution is -0.167. The molecule has 1 fully saturated rings. The largest absolute Gasteiger partial charge is 0.490 e. The summed E-state index contributed by atoms with van der Waals surface area (Å²) in [5.41, 5.74) is 0.691. The van der Waals surface area contributed by atoms with E-state index in [0.29, 0.717) is 19.6 Å². The summed E-state index contributed by atoms with van der Waals surface area (Å²) in [6.45, 7) is 5.44. The standard InChI is InChI=1S/C25H31F3O3/c1-3-5-6-14-30-23-12-8-18(16-31-23)17-7-9-19(21(26)15-17)20-10-11-22(29-13-4-2)25(28)24(20)27/h7,9-11,15,18,23H,3-6,8,12-14,16H2,1-2H3. The maximum Gasteiger partial charge on any atom is 0.201 e. The lowest BCUT2D eigenvalue weighted by Crippen LogP contribution is -2.27. The fourth-order valence-electron chi connectivity index (χ4n) is 3.76. The Bertz CT molecular complexity index is 848. The van der Waals surface area contributed by atoms with Crippen LogP contribution in [0.15, 0.2) is 30.3 Å². The van der Waals surface area contributed by atoms with Crippen LogP contribution in [0.25, 0.3) is 11.1 Å². The van der Waals surface area contributed by atoms with Gasteiger partial charge in [0.1, 0.15) is 5.82 Å². The number of unbranched alkanes of at least 4 members (excludes halogenated alkanes) is 2. The molecule has 1 aliphatic heterocycles. The van der Waals surface area contributed by atoms with Gasteiger partial charge in [0.05, 0.1) is 13.2 Å². The van der Waals surface area contributed by atoms with Gasteiger partial charge in [-0.25, -0.2) is 8.78 Å². The Kier molecular flexibility index (Phi) is 8.79. The summed E-state index contributed by atoms with van der Waals surface area (Å²) in [4.78, 5) is 0. The van der Waals surface area contributed by atoms with Crippen LogP contribution in [0.4, 0.5) is 13.2 Å². The summed E-state index contributed by atoms with van der Waals surface area (Å²) >= 11 is 0. The van der Waals surface area contributed by atoms with Crippen LogP contribution >= 0.6 is 0 Å². The second-order valence-electron chi connectivity index (χ2n) is 7.94. The van der Waals surface area contributed by atoms with Crippen LogP contribution in [0.5, 0.6) is 5.75 Å². The molecule has 2 atom stereocenters. The Balaban J connectivity index is 1.65. The molecule has 3 nitrogen and oxygen atoms in total. The second kappa shape index (κ2) is 11.5. The van der Waals surface area contributed by atoms with Crippen LogP contribution < -0.4 is 4.74 Å². The van der Waals surface area contributed by atoms with Crippen molar-refractivity contribution in [1.29, 1.82) is 0 Å². The quantitative estimate of drug-likeness (QED) is 0.376. The molecule has 0 N–H and O–H groups in total. The van der Waals surface area contributed by atoms with Crippen molar-refractivity contribution in [2.24, 2.45) is 0 Å². The van der Waals surface area contributed by atoms with Crippen molar-refractivity contribution in [1.82, 2.24) is 0 Å². The Labute approximate surface area is 182 Å². The van der Waals surface area contributed by atoms with Crippen molar-refractivity contribution in [2.75, 3.05) is 19.8 Å². The Hall–Kier alpha value is -2.05. The highest BCUT2D eigenvalue weighted by Crippen LogP contribution is 2.35. The highest BCUT2D eigenvalue weighted by Gasteiger charge is 2.25. The predicted molar refractivity (Wildman–Crippen MR) is 115 cm³/mol. The van der Waals surface area contributed by atoms with Crippen LogP contribution in [0.2, 0.25) is 0 Å². The molecule has 0 radical (unpaired) electrons. The molecule has 0 bridgehead atoms. The molecule has 0 spiro atoms. The van der Waals surface area contributed by atoms with Gasteiger partial charge in [0.2, 0.25) is 5.82 Å². The van der Waals surface area contributed by atoms with Crippen molar-refractivity contribution in [3.05, 3.63) is 53.3 Å². The molecule has 1 saturated heterocycles. The van der Waals surface area contributed by atoms with Crippen molar-refractivity contribution >= 4 is 0 Å². The average Bonchev–Trinajstić information content (AvgIpc) is 2.78. The van der Waals surface area contributed by atoms with Crippen LogP contribution in [0, 0.1) is 17.5 Å². The second-order valence-corrected chi connectivity index (χ2v) is 7.94. The first-order valence-corrected chi connectivity index (χ1v) is 11.2. The fraction of sp³-hybridized carbons (Fsp3) is 0.520. The van der Waals surface area contributed by atoms with Crippen molar-refractivity contribution in [3.8, 4) is 16.9 Å². The molecule has 1 heterocycles. The molecular weight excluding hydrogens is 405 g/mol. The molecular formula is C25H31F3O3. The molecule has 6 heteroatoms. The number of rotatable bonds is 10. The summed E-state index contributed by atoms with van der Waals surface area (Å²) in [7, 11) is 0. The zero-order valence-corrected chi connectivity index (χ0v) is 18.3. The monoisotopic (exact) mass is 436 g/mol. The van der Waals surface area contributed by atoms with E-state index in [4.69, 9.17) is 14.2 Å². The van der Waals surface area contributed by atoms with Gasteiger partial charge in [-0.3, -0.25) is 0 Å². The third kappa shape index (κ3) is 6.01. The van der Waals surface area contributed by atoms with Gasteiger partial charge >= 0.3 is 0 Å². The first-order chi connectivity index (χ1) is 15.0. The number of ether oxygens (including phenoxy) is 3. The number of hydrogen-bond acceptors (Lipinski definition) is 3. The molecule has 2 aromatic carbocycles. The maximum atomic E-state index is 14.8. The minimum Gasteiger partial charge on any atom is -0.490 e. The fourth-order valence-corrected chi connectivity index (χ4v) is 3.76. The van der Waals surface area contributed by atoms with Gasteiger partial charge in [-0.05, 0) is 49.4 Å². The SMILES string of the molecule is CCCCCOC1CCC(c2ccc(-c3ccc(OCCC)c(F)c3F)c(F)c2)CO1.